The van der Waals surface area contributed by atoms with Gasteiger partial charge < -0.3 is 4.90 Å². The van der Waals surface area contributed by atoms with Crippen LogP contribution in [0.3, 0.4) is 0 Å². The second kappa shape index (κ2) is 6.98. The van der Waals surface area contributed by atoms with Gasteiger partial charge in [-0.2, -0.15) is 0 Å². The molecule has 27 heavy (non-hydrogen) atoms. The molecule has 2 aromatic carbocycles. The Kier molecular flexibility index (Phi) is 4.51. The van der Waals surface area contributed by atoms with Crippen LogP contribution in [-0.4, -0.2) is 16.2 Å². The molecular formula is C18H13ClN4O3S. The number of nitro benzene ring substituents is 1. The molecule has 0 spiro atoms. The number of benzene rings is 2. The molecule has 1 aliphatic rings. The zero-order chi connectivity index (χ0) is 19.0. The monoisotopic (exact) mass is 400 g/mol. The van der Waals surface area contributed by atoms with E-state index in [1.54, 1.807) is 34.9 Å². The van der Waals surface area contributed by atoms with Crippen LogP contribution in [0.5, 0.6) is 0 Å². The van der Waals surface area contributed by atoms with E-state index >= 15 is 0 Å². The average molecular weight is 401 g/mol. The molecule has 3 aromatic rings. The van der Waals surface area contributed by atoms with Gasteiger partial charge in [-0.1, -0.05) is 22.9 Å². The summed E-state index contributed by atoms with van der Waals surface area (Å²) in [4.78, 5) is 30.2. The number of non-ortho nitro benzene ring substituents is 1. The van der Waals surface area contributed by atoms with E-state index in [1.807, 2.05) is 17.0 Å². The number of aromatic nitrogens is 1. The molecule has 0 aliphatic carbocycles. The maximum absolute atomic E-state index is 12.8. The minimum atomic E-state index is -0.452. The first kappa shape index (κ1) is 17.4. The van der Waals surface area contributed by atoms with Crippen molar-refractivity contribution in [2.24, 2.45) is 4.99 Å². The first-order valence-electron chi connectivity index (χ1n) is 8.02. The Bertz CT molecular complexity index is 1180. The highest BCUT2D eigenvalue weighted by Gasteiger charge is 2.16. The molecule has 1 aliphatic heterocycles. The topological polar surface area (TPSA) is 80.7 Å². The summed E-state index contributed by atoms with van der Waals surface area (Å²) in [6.45, 7) is 0.864. The van der Waals surface area contributed by atoms with E-state index in [2.05, 4.69) is 4.99 Å². The van der Waals surface area contributed by atoms with Crippen LogP contribution in [0, 0.1) is 10.1 Å². The molecule has 136 valence electrons. The largest absolute Gasteiger partial charge is 0.334 e. The second-order valence-electron chi connectivity index (χ2n) is 5.93. The Morgan fingerprint density at radius 2 is 1.85 bits per heavy atom. The summed E-state index contributed by atoms with van der Waals surface area (Å²) in [5, 5.41) is 11.4. The maximum Gasteiger partial charge on any atom is 0.271 e. The van der Waals surface area contributed by atoms with Crippen LogP contribution < -0.4 is 19.8 Å². The molecule has 2 heterocycles. The van der Waals surface area contributed by atoms with Crippen molar-refractivity contribution in [2.75, 3.05) is 11.6 Å². The molecule has 0 radical (unpaired) electrons. The molecule has 4 rings (SSSR count). The van der Waals surface area contributed by atoms with Crippen molar-refractivity contribution >= 4 is 40.4 Å². The molecule has 9 heteroatoms. The summed E-state index contributed by atoms with van der Waals surface area (Å²) in [5.74, 6) is 0. The SMILES string of the molecule is O=c1/c(=C/c2ccc([N+](=O)[O-])cc2)sc2n1CN(c1ccc(Cl)cc1)CN=2. The van der Waals surface area contributed by atoms with Gasteiger partial charge in [0.05, 0.1) is 9.46 Å². The van der Waals surface area contributed by atoms with Gasteiger partial charge in [-0.25, -0.2) is 4.99 Å². The molecule has 0 amide bonds. The number of hydrogen-bond donors (Lipinski definition) is 0. The zero-order valence-electron chi connectivity index (χ0n) is 13.9. The van der Waals surface area contributed by atoms with Crippen molar-refractivity contribution in [3.63, 3.8) is 0 Å². The number of halogens is 1. The van der Waals surface area contributed by atoms with Crippen LogP contribution in [0.15, 0.2) is 58.3 Å². The van der Waals surface area contributed by atoms with Crippen molar-refractivity contribution in [3.8, 4) is 0 Å². The molecule has 1 aromatic heterocycles. The predicted octanol–water partition coefficient (Wildman–Crippen LogP) is 2.36. The fourth-order valence-corrected chi connectivity index (χ4v) is 3.86. The Labute approximate surface area is 162 Å². The van der Waals surface area contributed by atoms with Crippen molar-refractivity contribution < 1.29 is 4.92 Å². The van der Waals surface area contributed by atoms with Crippen molar-refractivity contribution in [2.45, 2.75) is 6.67 Å². The van der Waals surface area contributed by atoms with E-state index in [-0.39, 0.29) is 11.2 Å². The number of anilines is 1. The van der Waals surface area contributed by atoms with E-state index in [9.17, 15) is 14.9 Å². The first-order chi connectivity index (χ1) is 13.0. The van der Waals surface area contributed by atoms with Gasteiger partial charge in [0.25, 0.3) is 11.2 Å². The minimum Gasteiger partial charge on any atom is -0.334 e. The molecule has 0 unspecified atom stereocenters. The van der Waals surface area contributed by atoms with E-state index < -0.39 is 4.92 Å². The summed E-state index contributed by atoms with van der Waals surface area (Å²) in [6, 6.07) is 13.5. The summed E-state index contributed by atoms with van der Waals surface area (Å²) in [6.07, 6.45) is 1.73. The highest BCUT2D eigenvalue weighted by molar-refractivity contribution is 7.07. The molecule has 0 fully saturated rings. The lowest BCUT2D eigenvalue weighted by molar-refractivity contribution is -0.384. The Morgan fingerprint density at radius 3 is 2.52 bits per heavy atom. The molecule has 0 atom stereocenters. The lowest BCUT2D eigenvalue weighted by Gasteiger charge is -2.25. The quantitative estimate of drug-likeness (QED) is 0.499. The number of rotatable bonds is 3. The molecule has 7 nitrogen and oxygen atoms in total. The normalized spacial score (nSPS) is 14.0. The van der Waals surface area contributed by atoms with Crippen LogP contribution in [0.1, 0.15) is 5.56 Å². The fraction of sp³-hybridized carbons (Fsp3) is 0.111. The van der Waals surface area contributed by atoms with Gasteiger partial charge in [0, 0.05) is 22.8 Å². The summed E-state index contributed by atoms with van der Waals surface area (Å²) >= 11 is 7.24. The summed E-state index contributed by atoms with van der Waals surface area (Å²) in [7, 11) is 0. The molecule has 0 N–H and O–H groups in total. The van der Waals surface area contributed by atoms with Gasteiger partial charge in [-0.3, -0.25) is 19.5 Å². The molecular weight excluding hydrogens is 388 g/mol. The highest BCUT2D eigenvalue weighted by Crippen LogP contribution is 2.19. The van der Waals surface area contributed by atoms with Gasteiger partial charge in [0.2, 0.25) is 0 Å². The number of thiazole rings is 1. The third-order valence-electron chi connectivity index (χ3n) is 4.17. The van der Waals surface area contributed by atoms with Gasteiger partial charge in [-0.05, 0) is 48.0 Å². The first-order valence-corrected chi connectivity index (χ1v) is 9.21. The number of fused-ring (bicyclic) bond motifs is 1. The van der Waals surface area contributed by atoms with Crippen LogP contribution >= 0.6 is 22.9 Å². The van der Waals surface area contributed by atoms with Crippen molar-refractivity contribution in [1.29, 1.82) is 0 Å². The third-order valence-corrected chi connectivity index (χ3v) is 5.47. The fourth-order valence-electron chi connectivity index (χ4n) is 2.77. The van der Waals surface area contributed by atoms with Crippen LogP contribution in [0.25, 0.3) is 6.08 Å². The zero-order valence-corrected chi connectivity index (χ0v) is 15.5. The molecule has 0 saturated heterocycles. The molecule has 0 saturated carbocycles. The van der Waals surface area contributed by atoms with Crippen LogP contribution in [0.4, 0.5) is 11.4 Å². The van der Waals surface area contributed by atoms with Gasteiger partial charge in [0.1, 0.15) is 13.3 Å². The Hall–Kier alpha value is -2.97. The third kappa shape index (κ3) is 3.49. The van der Waals surface area contributed by atoms with E-state index in [1.165, 1.54) is 23.5 Å². The van der Waals surface area contributed by atoms with Crippen molar-refractivity contribution in [3.05, 3.63) is 88.9 Å². The predicted molar refractivity (Wildman–Crippen MR) is 105 cm³/mol. The van der Waals surface area contributed by atoms with E-state index in [0.29, 0.717) is 27.7 Å². The van der Waals surface area contributed by atoms with Crippen LogP contribution in [-0.2, 0) is 6.67 Å². The lowest BCUT2D eigenvalue weighted by atomic mass is 10.2. The Morgan fingerprint density at radius 1 is 1.15 bits per heavy atom. The highest BCUT2D eigenvalue weighted by atomic mass is 35.5. The smallest absolute Gasteiger partial charge is 0.271 e. The number of nitro groups is 1. The summed E-state index contributed by atoms with van der Waals surface area (Å²) in [5.41, 5.74) is 1.55. The van der Waals surface area contributed by atoms with Gasteiger partial charge in [-0.15, -0.1) is 0 Å². The standard InChI is InChI=1S/C18H13ClN4O3S/c19-13-3-7-14(8-4-13)21-10-20-18-22(11-21)17(24)16(27-18)9-12-1-5-15(6-2-12)23(25)26/h1-9H,10-11H2/b16-9-. The number of hydrogen-bond acceptors (Lipinski definition) is 6. The minimum absolute atomic E-state index is 0.0166. The maximum atomic E-state index is 12.8. The number of nitrogens with zero attached hydrogens (tertiary/aromatic N) is 4. The Balaban J connectivity index is 1.67. The summed E-state index contributed by atoms with van der Waals surface area (Å²) < 4.78 is 2.17. The average Bonchev–Trinajstić information content (AvgIpc) is 2.98. The van der Waals surface area contributed by atoms with Gasteiger partial charge in [0.15, 0.2) is 4.80 Å². The van der Waals surface area contributed by atoms with E-state index in [4.69, 9.17) is 11.6 Å². The molecule has 0 bridgehead atoms. The lowest BCUT2D eigenvalue weighted by Crippen LogP contribution is -2.42. The van der Waals surface area contributed by atoms with Gasteiger partial charge >= 0.3 is 0 Å². The van der Waals surface area contributed by atoms with Crippen LogP contribution in [0.2, 0.25) is 5.02 Å². The van der Waals surface area contributed by atoms with E-state index in [0.717, 1.165) is 11.3 Å². The second-order valence-corrected chi connectivity index (χ2v) is 7.38. The van der Waals surface area contributed by atoms with Crippen molar-refractivity contribution in [1.82, 2.24) is 4.57 Å².